The summed E-state index contributed by atoms with van der Waals surface area (Å²) in [6, 6.07) is 24.8. The third-order valence-electron chi connectivity index (χ3n) is 7.24. The molecule has 1 aliphatic carbocycles. The summed E-state index contributed by atoms with van der Waals surface area (Å²) >= 11 is 0. The van der Waals surface area contributed by atoms with E-state index in [1.807, 2.05) is 78.9 Å². The van der Waals surface area contributed by atoms with Crippen LogP contribution in [0.3, 0.4) is 0 Å². The summed E-state index contributed by atoms with van der Waals surface area (Å²) < 4.78 is 12.3. The van der Waals surface area contributed by atoms with Gasteiger partial charge in [-0.25, -0.2) is 4.99 Å². The van der Waals surface area contributed by atoms with E-state index in [1.54, 1.807) is 0 Å². The van der Waals surface area contributed by atoms with Gasteiger partial charge in [-0.2, -0.15) is 0 Å². The first-order valence-electron chi connectivity index (χ1n) is 13.6. The number of hydrogen-bond acceptors (Lipinski definition) is 6. The molecule has 0 radical (unpaired) electrons. The summed E-state index contributed by atoms with van der Waals surface area (Å²) in [5.74, 6) is 1.34. The van der Waals surface area contributed by atoms with Crippen molar-refractivity contribution in [3.63, 3.8) is 0 Å². The fraction of sp³-hybridized carbons (Fsp3) is 0.355. The van der Waals surface area contributed by atoms with Gasteiger partial charge >= 0.3 is 0 Å². The van der Waals surface area contributed by atoms with E-state index in [1.165, 1.54) is 0 Å². The smallest absolute Gasteiger partial charge is 0.252 e. The van der Waals surface area contributed by atoms with Gasteiger partial charge in [0.15, 0.2) is 11.6 Å². The van der Waals surface area contributed by atoms with Gasteiger partial charge in [-0.05, 0) is 65.2 Å². The molecule has 1 heterocycles. The van der Waals surface area contributed by atoms with Gasteiger partial charge < -0.3 is 19.9 Å². The zero-order valence-electron chi connectivity index (χ0n) is 22.3. The van der Waals surface area contributed by atoms with Crippen LogP contribution in [0, 0.1) is 5.92 Å². The lowest BCUT2D eigenvalue weighted by Gasteiger charge is -2.32. The molecule has 0 saturated heterocycles. The van der Waals surface area contributed by atoms with Crippen molar-refractivity contribution in [3.8, 4) is 5.75 Å². The van der Waals surface area contributed by atoms with E-state index in [4.69, 9.17) is 25.1 Å². The predicted molar refractivity (Wildman–Crippen MR) is 152 cm³/mol. The Bertz CT molecular complexity index is 1380. The van der Waals surface area contributed by atoms with Gasteiger partial charge in [0.05, 0.1) is 13.2 Å². The number of rotatable bonds is 13. The van der Waals surface area contributed by atoms with E-state index in [-0.39, 0.29) is 19.1 Å². The molecule has 1 aliphatic heterocycles. The summed E-state index contributed by atoms with van der Waals surface area (Å²) in [6.45, 7) is 1.22. The number of benzene rings is 3. The van der Waals surface area contributed by atoms with Crippen LogP contribution < -0.4 is 10.1 Å². The highest BCUT2D eigenvalue weighted by atomic mass is 16.5. The topological polar surface area (TPSA) is 129 Å². The van der Waals surface area contributed by atoms with Crippen molar-refractivity contribution < 1.29 is 19.4 Å². The van der Waals surface area contributed by atoms with Crippen LogP contribution in [0.2, 0.25) is 0 Å². The van der Waals surface area contributed by atoms with Gasteiger partial charge in [-0.1, -0.05) is 59.7 Å². The fourth-order valence-electron chi connectivity index (χ4n) is 4.92. The summed E-state index contributed by atoms with van der Waals surface area (Å²) in [7, 11) is 0. The molecule has 2 atom stereocenters. The van der Waals surface area contributed by atoms with Crippen LogP contribution in [0.5, 0.6) is 5.75 Å². The quantitative estimate of drug-likeness (QED) is 0.132. The zero-order chi connectivity index (χ0) is 27.8. The van der Waals surface area contributed by atoms with Crippen molar-refractivity contribution in [2.75, 3.05) is 19.8 Å². The number of nitrogens with zero attached hydrogens (tertiary/aromatic N) is 4. The second kappa shape index (κ2) is 12.7. The number of carbonyl (C=O) groups is 1. The van der Waals surface area contributed by atoms with Crippen LogP contribution in [0.25, 0.3) is 10.4 Å². The van der Waals surface area contributed by atoms with E-state index in [2.05, 4.69) is 15.3 Å². The Balaban J connectivity index is 1.57. The average molecular weight is 540 g/mol. The minimum atomic E-state index is -1.28. The SMILES string of the molecule is [N-]=[N+]=NCc1ccccc1[C@H]1OC(c2ccc(OCCCO)cc2)=N[C@@]1(Cc1ccccc1)C(=O)NCC1CC1. The number of nitrogens with one attached hydrogen (secondary N) is 1. The Hall–Kier alpha value is -4.33. The Morgan fingerprint density at radius 1 is 1.10 bits per heavy atom. The second-order valence-electron chi connectivity index (χ2n) is 10.2. The summed E-state index contributed by atoms with van der Waals surface area (Å²) in [5.41, 5.74) is 10.9. The van der Waals surface area contributed by atoms with Gasteiger partial charge in [-0.3, -0.25) is 4.79 Å². The van der Waals surface area contributed by atoms with Crippen molar-refractivity contribution in [3.05, 3.63) is 112 Å². The number of azide groups is 1. The van der Waals surface area contributed by atoms with E-state index < -0.39 is 11.6 Å². The third-order valence-corrected chi connectivity index (χ3v) is 7.24. The Morgan fingerprint density at radius 3 is 2.58 bits per heavy atom. The standard InChI is InChI=1S/C31H33N5O4/c32-36-34-21-25-9-4-5-10-27(25)28-31(19-22-7-2-1-3-8-22,30(38)33-20-23-11-12-23)35-29(40-28)24-13-15-26(16-14-24)39-18-6-17-37/h1-5,7-10,13-16,23,28,37H,6,11-12,17-21H2,(H,33,38)/t28-,31-/m1/s1. The summed E-state index contributed by atoms with van der Waals surface area (Å²) in [5, 5.41) is 16.0. The normalized spacial score (nSPS) is 19.7. The Labute approximate surface area is 233 Å². The maximum Gasteiger partial charge on any atom is 0.252 e. The van der Waals surface area contributed by atoms with Crippen LogP contribution in [0.4, 0.5) is 0 Å². The number of aliphatic imine (C=N–C) groups is 1. The first-order valence-corrected chi connectivity index (χ1v) is 13.6. The average Bonchev–Trinajstić information content (AvgIpc) is 3.75. The largest absolute Gasteiger partial charge is 0.494 e. The third kappa shape index (κ3) is 6.28. The molecule has 9 nitrogen and oxygen atoms in total. The molecule has 0 aromatic heterocycles. The van der Waals surface area contributed by atoms with Crippen molar-refractivity contribution in [2.45, 2.75) is 43.9 Å². The molecule has 9 heteroatoms. The fourth-order valence-corrected chi connectivity index (χ4v) is 4.92. The molecule has 3 aromatic carbocycles. The molecular weight excluding hydrogens is 506 g/mol. The van der Waals surface area contributed by atoms with E-state index in [0.29, 0.717) is 43.6 Å². The number of aliphatic hydroxyl groups is 1. The second-order valence-corrected chi connectivity index (χ2v) is 10.2. The molecule has 1 saturated carbocycles. The van der Waals surface area contributed by atoms with Crippen molar-refractivity contribution in [1.82, 2.24) is 5.32 Å². The molecule has 2 aliphatic rings. The lowest BCUT2D eigenvalue weighted by molar-refractivity contribution is -0.129. The van der Waals surface area contributed by atoms with Crippen molar-refractivity contribution >= 4 is 11.8 Å². The summed E-state index contributed by atoms with van der Waals surface area (Å²) in [4.78, 5) is 22.2. The Kier molecular flexibility index (Phi) is 8.64. The predicted octanol–water partition coefficient (Wildman–Crippen LogP) is 5.28. The first kappa shape index (κ1) is 27.2. The zero-order valence-corrected chi connectivity index (χ0v) is 22.3. The van der Waals surface area contributed by atoms with Gasteiger partial charge in [0.25, 0.3) is 5.91 Å². The van der Waals surface area contributed by atoms with E-state index in [9.17, 15) is 4.79 Å². The first-order chi connectivity index (χ1) is 19.6. The minimum Gasteiger partial charge on any atom is -0.494 e. The lowest BCUT2D eigenvalue weighted by Crippen LogP contribution is -2.50. The van der Waals surface area contributed by atoms with Gasteiger partial charge in [-0.15, -0.1) is 0 Å². The number of ether oxygens (including phenoxy) is 2. The molecule has 40 heavy (non-hydrogen) atoms. The van der Waals surface area contributed by atoms with Crippen LogP contribution in [-0.4, -0.2) is 42.2 Å². The minimum absolute atomic E-state index is 0.0670. The van der Waals surface area contributed by atoms with Crippen molar-refractivity contribution in [2.24, 2.45) is 16.0 Å². The molecule has 1 fully saturated rings. The highest BCUT2D eigenvalue weighted by molar-refractivity contribution is 6.01. The number of hydrogen-bond donors (Lipinski definition) is 2. The molecule has 2 N–H and O–H groups in total. The molecule has 1 amide bonds. The molecule has 3 aromatic rings. The van der Waals surface area contributed by atoms with Crippen LogP contribution in [0.1, 0.15) is 47.6 Å². The Morgan fingerprint density at radius 2 is 1.85 bits per heavy atom. The molecule has 0 spiro atoms. The maximum absolute atomic E-state index is 14.2. The highest BCUT2D eigenvalue weighted by Crippen LogP contribution is 2.44. The molecule has 5 rings (SSSR count). The molecule has 206 valence electrons. The highest BCUT2D eigenvalue weighted by Gasteiger charge is 2.53. The monoisotopic (exact) mass is 539 g/mol. The number of carbonyl (C=O) groups excluding carboxylic acids is 1. The van der Waals surface area contributed by atoms with E-state index in [0.717, 1.165) is 35.1 Å². The van der Waals surface area contributed by atoms with Crippen LogP contribution in [0.15, 0.2) is 89.0 Å². The maximum atomic E-state index is 14.2. The number of aliphatic hydroxyl groups excluding tert-OH is 1. The number of amides is 1. The van der Waals surface area contributed by atoms with Gasteiger partial charge in [0, 0.05) is 36.5 Å². The molecule has 0 unspecified atom stereocenters. The molecule has 0 bridgehead atoms. The van der Waals surface area contributed by atoms with Gasteiger partial charge in [0.2, 0.25) is 5.90 Å². The molecular formula is C31H33N5O4. The van der Waals surface area contributed by atoms with Crippen molar-refractivity contribution in [1.29, 1.82) is 0 Å². The van der Waals surface area contributed by atoms with Crippen LogP contribution >= 0.6 is 0 Å². The van der Waals surface area contributed by atoms with E-state index >= 15 is 0 Å². The van der Waals surface area contributed by atoms with Gasteiger partial charge in [0.1, 0.15) is 5.75 Å². The lowest BCUT2D eigenvalue weighted by atomic mass is 9.80. The van der Waals surface area contributed by atoms with Crippen LogP contribution in [-0.2, 0) is 22.5 Å². The summed E-state index contributed by atoms with van der Waals surface area (Å²) in [6.07, 6.45) is 2.36.